The maximum Gasteiger partial charge on any atom is 0.328 e. The van der Waals surface area contributed by atoms with E-state index in [9.17, 15) is 14.4 Å². The van der Waals surface area contributed by atoms with Crippen molar-refractivity contribution in [3.8, 4) is 12.3 Å². The zero-order valence-corrected chi connectivity index (χ0v) is 15.1. The zero-order chi connectivity index (χ0) is 19.7. The number of carbonyl (C=O) groups excluding carboxylic acids is 3. The molecule has 0 radical (unpaired) electrons. The van der Waals surface area contributed by atoms with Crippen LogP contribution in [0.5, 0.6) is 0 Å². The summed E-state index contributed by atoms with van der Waals surface area (Å²) in [5.41, 5.74) is -0.578. The predicted molar refractivity (Wildman–Crippen MR) is 99.1 cm³/mol. The molecule has 27 heavy (non-hydrogen) atoms. The van der Waals surface area contributed by atoms with E-state index in [0.717, 1.165) is 5.56 Å². The van der Waals surface area contributed by atoms with Crippen LogP contribution in [0.3, 0.4) is 0 Å². The van der Waals surface area contributed by atoms with Gasteiger partial charge in [-0.3, -0.25) is 9.59 Å². The van der Waals surface area contributed by atoms with Gasteiger partial charge in [-0.2, -0.15) is 0 Å². The molecular formula is C21H23NO5. The number of benzene rings is 1. The minimum atomic E-state index is -1.42. The van der Waals surface area contributed by atoms with Gasteiger partial charge in [0.2, 0.25) is 5.60 Å². The monoisotopic (exact) mass is 369 g/mol. The number of allylic oxidation sites excluding steroid dienone is 1. The van der Waals surface area contributed by atoms with Crippen molar-refractivity contribution >= 4 is 17.8 Å². The van der Waals surface area contributed by atoms with Crippen LogP contribution in [0.15, 0.2) is 43.0 Å². The Morgan fingerprint density at radius 1 is 1.41 bits per heavy atom. The summed E-state index contributed by atoms with van der Waals surface area (Å²) in [4.78, 5) is 36.7. The molecule has 6 nitrogen and oxygen atoms in total. The summed E-state index contributed by atoms with van der Waals surface area (Å²) >= 11 is 0. The van der Waals surface area contributed by atoms with Crippen LogP contribution in [0.1, 0.15) is 37.7 Å². The van der Waals surface area contributed by atoms with Gasteiger partial charge in [0.05, 0.1) is 6.42 Å². The Morgan fingerprint density at radius 2 is 2.15 bits per heavy atom. The largest absolute Gasteiger partial charge is 0.459 e. The number of rotatable bonds is 9. The summed E-state index contributed by atoms with van der Waals surface area (Å²) < 4.78 is 10.5. The van der Waals surface area contributed by atoms with Gasteiger partial charge in [-0.1, -0.05) is 36.4 Å². The Morgan fingerprint density at radius 3 is 2.74 bits per heavy atom. The van der Waals surface area contributed by atoms with E-state index in [4.69, 9.17) is 15.9 Å². The molecule has 0 spiro atoms. The molecule has 1 aliphatic heterocycles. The SMILES string of the molecule is C#CC[C@]1(C(=O)N[C@@H](CCC=C)C(=O)OCc2ccccc2)CCC(=O)O1. The molecule has 1 aliphatic rings. The fraction of sp³-hybridized carbons (Fsp3) is 0.381. The quantitative estimate of drug-likeness (QED) is 0.410. The Kier molecular flexibility index (Phi) is 7.18. The molecule has 2 rings (SSSR count). The van der Waals surface area contributed by atoms with Gasteiger partial charge in [0.1, 0.15) is 12.6 Å². The first-order valence-electron chi connectivity index (χ1n) is 8.78. The van der Waals surface area contributed by atoms with Crippen molar-refractivity contribution in [2.75, 3.05) is 0 Å². The summed E-state index contributed by atoms with van der Waals surface area (Å²) in [7, 11) is 0. The predicted octanol–water partition coefficient (Wildman–Crippen LogP) is 2.28. The van der Waals surface area contributed by atoms with Gasteiger partial charge in [0.25, 0.3) is 5.91 Å². The topological polar surface area (TPSA) is 81.7 Å². The average molecular weight is 369 g/mol. The maximum atomic E-state index is 12.7. The lowest BCUT2D eigenvalue weighted by molar-refractivity contribution is -0.160. The van der Waals surface area contributed by atoms with Crippen LogP contribution in [0.2, 0.25) is 0 Å². The number of hydrogen-bond acceptors (Lipinski definition) is 5. The zero-order valence-electron chi connectivity index (χ0n) is 15.1. The van der Waals surface area contributed by atoms with Crippen LogP contribution in [-0.4, -0.2) is 29.5 Å². The summed E-state index contributed by atoms with van der Waals surface area (Å²) in [6.07, 6.45) is 8.07. The van der Waals surface area contributed by atoms with Crippen molar-refractivity contribution in [2.24, 2.45) is 0 Å². The van der Waals surface area contributed by atoms with Crippen LogP contribution < -0.4 is 5.32 Å². The summed E-state index contributed by atoms with van der Waals surface area (Å²) in [6.45, 7) is 3.74. The molecule has 0 bridgehead atoms. The number of terminal acetylenes is 1. The number of hydrogen-bond donors (Lipinski definition) is 1. The van der Waals surface area contributed by atoms with E-state index in [-0.39, 0.29) is 25.9 Å². The standard InChI is InChI=1S/C21H23NO5/c1-3-5-11-17(19(24)26-15-16-9-7-6-8-10-16)22-20(25)21(13-4-2)14-12-18(23)27-21/h2-3,6-10,17H,1,5,11-15H2,(H,22,25)/t17-,21+/m0/s1. The fourth-order valence-electron chi connectivity index (χ4n) is 2.81. The molecule has 142 valence electrons. The molecular weight excluding hydrogens is 346 g/mol. The first-order valence-corrected chi connectivity index (χ1v) is 8.78. The number of amides is 1. The molecule has 2 atom stereocenters. The molecule has 0 aliphatic carbocycles. The third kappa shape index (κ3) is 5.45. The van der Waals surface area contributed by atoms with Crippen LogP contribution in [0.25, 0.3) is 0 Å². The van der Waals surface area contributed by atoms with E-state index >= 15 is 0 Å². The molecule has 1 aromatic rings. The molecule has 0 unspecified atom stereocenters. The lowest BCUT2D eigenvalue weighted by Crippen LogP contribution is -2.52. The van der Waals surface area contributed by atoms with Gasteiger partial charge >= 0.3 is 11.9 Å². The van der Waals surface area contributed by atoms with Crippen LogP contribution in [0.4, 0.5) is 0 Å². The third-order valence-corrected chi connectivity index (χ3v) is 4.32. The highest BCUT2D eigenvalue weighted by molar-refractivity contribution is 5.93. The van der Waals surface area contributed by atoms with Crippen molar-refractivity contribution in [3.63, 3.8) is 0 Å². The van der Waals surface area contributed by atoms with E-state index in [1.165, 1.54) is 0 Å². The smallest absolute Gasteiger partial charge is 0.328 e. The number of cyclic esters (lactones) is 1. The van der Waals surface area contributed by atoms with Gasteiger partial charge in [0.15, 0.2) is 0 Å². The van der Waals surface area contributed by atoms with Crippen molar-refractivity contribution in [2.45, 2.75) is 50.4 Å². The highest BCUT2D eigenvalue weighted by Crippen LogP contribution is 2.30. The second-order valence-corrected chi connectivity index (χ2v) is 6.33. The molecule has 1 amide bonds. The van der Waals surface area contributed by atoms with Crippen molar-refractivity contribution < 1.29 is 23.9 Å². The molecule has 0 saturated carbocycles. The Labute approximate surface area is 158 Å². The van der Waals surface area contributed by atoms with Gasteiger partial charge in [-0.05, 0) is 18.4 Å². The van der Waals surface area contributed by atoms with E-state index < -0.39 is 29.5 Å². The average Bonchev–Trinajstić information content (AvgIpc) is 3.06. The minimum absolute atomic E-state index is 0.0438. The Bertz CT molecular complexity index is 737. The number of esters is 2. The van der Waals surface area contributed by atoms with E-state index in [2.05, 4.69) is 17.8 Å². The third-order valence-electron chi connectivity index (χ3n) is 4.32. The van der Waals surface area contributed by atoms with E-state index in [1.807, 2.05) is 30.3 Å². The maximum absolute atomic E-state index is 12.7. The molecule has 1 aromatic carbocycles. The number of carbonyl (C=O) groups is 3. The molecule has 1 fully saturated rings. The number of ether oxygens (including phenoxy) is 2. The molecule has 1 N–H and O–H groups in total. The Hall–Kier alpha value is -3.07. The van der Waals surface area contributed by atoms with Crippen molar-refractivity contribution in [1.82, 2.24) is 5.32 Å². The molecule has 0 aromatic heterocycles. The van der Waals surface area contributed by atoms with Gasteiger partial charge in [0, 0.05) is 12.8 Å². The summed E-state index contributed by atoms with van der Waals surface area (Å²) in [6, 6.07) is 8.35. The van der Waals surface area contributed by atoms with Crippen molar-refractivity contribution in [3.05, 3.63) is 48.6 Å². The van der Waals surface area contributed by atoms with Crippen LogP contribution >= 0.6 is 0 Å². The van der Waals surface area contributed by atoms with E-state index in [1.54, 1.807) is 6.08 Å². The second-order valence-electron chi connectivity index (χ2n) is 6.33. The molecule has 1 saturated heterocycles. The van der Waals surface area contributed by atoms with Gasteiger partial charge in [-0.25, -0.2) is 4.79 Å². The molecule has 6 heteroatoms. The van der Waals surface area contributed by atoms with Crippen molar-refractivity contribution in [1.29, 1.82) is 0 Å². The lowest BCUT2D eigenvalue weighted by Gasteiger charge is -2.27. The van der Waals surface area contributed by atoms with E-state index in [0.29, 0.717) is 12.8 Å². The first-order chi connectivity index (χ1) is 13.0. The highest BCUT2D eigenvalue weighted by atomic mass is 16.6. The summed E-state index contributed by atoms with van der Waals surface area (Å²) in [5.74, 6) is 0.764. The van der Waals surface area contributed by atoms with Gasteiger partial charge in [-0.15, -0.1) is 18.9 Å². The minimum Gasteiger partial charge on any atom is -0.459 e. The second kappa shape index (κ2) is 9.58. The Balaban J connectivity index is 2.04. The highest BCUT2D eigenvalue weighted by Gasteiger charge is 2.47. The first kappa shape index (κ1) is 20.2. The lowest BCUT2D eigenvalue weighted by atomic mass is 9.94. The number of nitrogens with one attached hydrogen (secondary N) is 1. The normalized spacial score (nSPS) is 19.4. The fourth-order valence-corrected chi connectivity index (χ4v) is 2.81. The summed E-state index contributed by atoms with van der Waals surface area (Å²) in [5, 5.41) is 2.64. The van der Waals surface area contributed by atoms with Crippen LogP contribution in [0, 0.1) is 12.3 Å². The van der Waals surface area contributed by atoms with Gasteiger partial charge < -0.3 is 14.8 Å². The van der Waals surface area contributed by atoms with Crippen LogP contribution in [-0.2, 0) is 30.5 Å². The molecule has 1 heterocycles.